The van der Waals surface area contributed by atoms with Gasteiger partial charge >= 0.3 is 0 Å². The Morgan fingerprint density at radius 2 is 1.78 bits per heavy atom. The molecule has 0 aliphatic heterocycles. The van der Waals surface area contributed by atoms with E-state index in [1.54, 1.807) is 0 Å². The molecule has 0 radical (unpaired) electrons. The molecule has 0 aromatic carbocycles. The normalized spacial score (nSPS) is 19.8. The molecular weight excluding hydrogens is 220 g/mol. The zero-order chi connectivity index (χ0) is 13.6. The van der Waals surface area contributed by atoms with Crippen LogP contribution in [-0.4, -0.2) is 5.78 Å². The molecule has 1 atom stereocenters. The van der Waals surface area contributed by atoms with Gasteiger partial charge in [-0.05, 0) is 30.1 Å². The van der Waals surface area contributed by atoms with Gasteiger partial charge in [0.2, 0.25) is 0 Å². The maximum atomic E-state index is 12.0. The maximum Gasteiger partial charge on any atom is 0.133 e. The molecule has 1 heteroatoms. The van der Waals surface area contributed by atoms with Crippen molar-refractivity contribution in [3.63, 3.8) is 0 Å². The van der Waals surface area contributed by atoms with Crippen molar-refractivity contribution in [3.8, 4) is 0 Å². The van der Waals surface area contributed by atoms with Crippen LogP contribution in [0.15, 0.2) is 0 Å². The Kier molecular flexibility index (Phi) is 6.38. The Balaban J connectivity index is 2.16. The Labute approximate surface area is 114 Å². The lowest BCUT2D eigenvalue weighted by Crippen LogP contribution is -2.15. The molecule has 0 aromatic rings. The molecule has 0 N–H and O–H groups in total. The summed E-state index contributed by atoms with van der Waals surface area (Å²) in [6, 6.07) is 0. The molecule has 1 aliphatic rings. The van der Waals surface area contributed by atoms with Gasteiger partial charge in [0.1, 0.15) is 5.78 Å². The molecule has 0 amide bonds. The summed E-state index contributed by atoms with van der Waals surface area (Å²) < 4.78 is 0. The highest BCUT2D eigenvalue weighted by atomic mass is 16.1. The van der Waals surface area contributed by atoms with E-state index in [2.05, 4.69) is 27.7 Å². The number of Topliss-reactive ketones (excluding diaryl/α,β-unsaturated/α-hetero) is 1. The molecule has 1 aliphatic carbocycles. The van der Waals surface area contributed by atoms with E-state index in [1.165, 1.54) is 32.1 Å². The van der Waals surface area contributed by atoms with E-state index in [-0.39, 0.29) is 0 Å². The van der Waals surface area contributed by atoms with Gasteiger partial charge in [-0.2, -0.15) is 0 Å². The van der Waals surface area contributed by atoms with Gasteiger partial charge in [-0.15, -0.1) is 0 Å². The molecule has 18 heavy (non-hydrogen) atoms. The standard InChI is InChI=1S/C17H32O/c1-14(13-17(2,3)4)12-16(18)11-10-15-8-6-5-7-9-15/h14-15H,5-13H2,1-4H3. The lowest BCUT2D eigenvalue weighted by molar-refractivity contribution is -0.120. The first-order valence-corrected chi connectivity index (χ1v) is 7.88. The second-order valence-corrected chi connectivity index (χ2v) is 7.66. The van der Waals surface area contributed by atoms with Crippen molar-refractivity contribution in [3.05, 3.63) is 0 Å². The smallest absolute Gasteiger partial charge is 0.133 e. The van der Waals surface area contributed by atoms with Crippen molar-refractivity contribution in [2.24, 2.45) is 17.3 Å². The molecule has 1 saturated carbocycles. The average Bonchev–Trinajstić information content (AvgIpc) is 2.25. The minimum Gasteiger partial charge on any atom is -0.300 e. The first kappa shape index (κ1) is 15.7. The fourth-order valence-electron chi connectivity index (χ4n) is 3.45. The van der Waals surface area contributed by atoms with Gasteiger partial charge < -0.3 is 0 Å². The van der Waals surface area contributed by atoms with Crippen molar-refractivity contribution >= 4 is 5.78 Å². The topological polar surface area (TPSA) is 17.1 Å². The second-order valence-electron chi connectivity index (χ2n) is 7.66. The SMILES string of the molecule is CC(CC(=O)CCC1CCCCC1)CC(C)(C)C. The number of ketones is 1. The molecule has 106 valence electrons. The van der Waals surface area contributed by atoms with E-state index in [9.17, 15) is 4.79 Å². The Hall–Kier alpha value is -0.330. The monoisotopic (exact) mass is 252 g/mol. The molecule has 0 bridgehead atoms. The Bertz CT molecular complexity index is 243. The molecule has 1 fully saturated rings. The van der Waals surface area contributed by atoms with Crippen LogP contribution < -0.4 is 0 Å². The highest BCUT2D eigenvalue weighted by Gasteiger charge is 2.19. The Morgan fingerprint density at radius 3 is 2.33 bits per heavy atom. The van der Waals surface area contributed by atoms with Crippen LogP contribution in [-0.2, 0) is 4.79 Å². The van der Waals surface area contributed by atoms with Gasteiger partial charge in [0, 0.05) is 12.8 Å². The van der Waals surface area contributed by atoms with Crippen LogP contribution in [0.5, 0.6) is 0 Å². The van der Waals surface area contributed by atoms with Crippen molar-refractivity contribution in [1.29, 1.82) is 0 Å². The first-order chi connectivity index (χ1) is 8.37. The summed E-state index contributed by atoms with van der Waals surface area (Å²) in [6.07, 6.45) is 10.9. The molecule has 0 heterocycles. The summed E-state index contributed by atoms with van der Waals surface area (Å²) in [4.78, 5) is 12.0. The molecule has 1 rings (SSSR count). The predicted molar refractivity (Wildman–Crippen MR) is 78.7 cm³/mol. The third-order valence-electron chi connectivity index (χ3n) is 4.09. The van der Waals surface area contributed by atoms with Crippen molar-refractivity contribution in [2.75, 3.05) is 0 Å². The number of hydrogen-bond acceptors (Lipinski definition) is 1. The highest BCUT2D eigenvalue weighted by molar-refractivity contribution is 5.78. The average molecular weight is 252 g/mol. The minimum atomic E-state index is 0.350. The quantitative estimate of drug-likeness (QED) is 0.620. The van der Waals surface area contributed by atoms with E-state index in [0.29, 0.717) is 17.1 Å². The van der Waals surface area contributed by atoms with Gasteiger partial charge in [-0.1, -0.05) is 59.8 Å². The molecule has 0 spiro atoms. The summed E-state index contributed by atoms with van der Waals surface area (Å²) in [5.74, 6) is 1.89. The third kappa shape index (κ3) is 7.18. The van der Waals surface area contributed by atoms with E-state index < -0.39 is 0 Å². The number of hydrogen-bond donors (Lipinski definition) is 0. The first-order valence-electron chi connectivity index (χ1n) is 7.88. The van der Waals surface area contributed by atoms with E-state index >= 15 is 0 Å². The third-order valence-corrected chi connectivity index (χ3v) is 4.09. The largest absolute Gasteiger partial charge is 0.300 e. The summed E-state index contributed by atoms with van der Waals surface area (Å²) in [7, 11) is 0. The minimum absolute atomic E-state index is 0.350. The van der Waals surface area contributed by atoms with Crippen LogP contribution in [0, 0.1) is 17.3 Å². The molecule has 1 unspecified atom stereocenters. The van der Waals surface area contributed by atoms with Crippen LogP contribution in [0.2, 0.25) is 0 Å². The van der Waals surface area contributed by atoms with Crippen LogP contribution in [0.1, 0.15) is 85.5 Å². The summed E-state index contributed by atoms with van der Waals surface area (Å²) in [5.41, 5.74) is 0.350. The van der Waals surface area contributed by atoms with Crippen LogP contribution in [0.3, 0.4) is 0 Å². The van der Waals surface area contributed by atoms with Crippen LogP contribution in [0.25, 0.3) is 0 Å². The predicted octanol–water partition coefficient (Wildman–Crippen LogP) is 5.38. The van der Waals surface area contributed by atoms with Crippen LogP contribution in [0.4, 0.5) is 0 Å². The van der Waals surface area contributed by atoms with Gasteiger partial charge in [-0.3, -0.25) is 4.79 Å². The number of carbonyl (C=O) groups is 1. The van der Waals surface area contributed by atoms with Crippen molar-refractivity contribution in [2.45, 2.75) is 85.5 Å². The van der Waals surface area contributed by atoms with Gasteiger partial charge in [0.25, 0.3) is 0 Å². The highest BCUT2D eigenvalue weighted by Crippen LogP contribution is 2.29. The molecule has 0 saturated heterocycles. The summed E-state index contributed by atoms with van der Waals surface area (Å²) >= 11 is 0. The lowest BCUT2D eigenvalue weighted by Gasteiger charge is -2.23. The lowest BCUT2D eigenvalue weighted by atomic mass is 9.82. The molecule has 0 aromatic heterocycles. The summed E-state index contributed by atoms with van der Waals surface area (Å²) in [6.45, 7) is 9.01. The van der Waals surface area contributed by atoms with Crippen molar-refractivity contribution < 1.29 is 4.79 Å². The van der Waals surface area contributed by atoms with Gasteiger partial charge in [0.05, 0.1) is 0 Å². The van der Waals surface area contributed by atoms with Gasteiger partial charge in [-0.25, -0.2) is 0 Å². The Morgan fingerprint density at radius 1 is 1.17 bits per heavy atom. The van der Waals surface area contributed by atoms with E-state index in [1.807, 2.05) is 0 Å². The van der Waals surface area contributed by atoms with Crippen molar-refractivity contribution in [1.82, 2.24) is 0 Å². The molecular formula is C17H32O. The van der Waals surface area contributed by atoms with E-state index in [0.717, 1.165) is 31.6 Å². The number of rotatable bonds is 6. The molecule has 1 nitrogen and oxygen atoms in total. The zero-order valence-corrected chi connectivity index (χ0v) is 12.9. The number of carbonyl (C=O) groups excluding carboxylic acids is 1. The summed E-state index contributed by atoms with van der Waals surface area (Å²) in [5, 5.41) is 0. The fourth-order valence-corrected chi connectivity index (χ4v) is 3.45. The fraction of sp³-hybridized carbons (Fsp3) is 0.941. The van der Waals surface area contributed by atoms with E-state index in [4.69, 9.17) is 0 Å². The van der Waals surface area contributed by atoms with Crippen LogP contribution >= 0.6 is 0 Å². The second kappa shape index (κ2) is 7.31. The zero-order valence-electron chi connectivity index (χ0n) is 12.9. The maximum absolute atomic E-state index is 12.0. The van der Waals surface area contributed by atoms with Gasteiger partial charge in [0.15, 0.2) is 0 Å².